The number of benzene rings is 2. The molecule has 0 fully saturated rings. The van der Waals surface area contributed by atoms with Gasteiger partial charge in [0.1, 0.15) is 17.7 Å². The number of anilines is 1. The van der Waals surface area contributed by atoms with Gasteiger partial charge in [-0.25, -0.2) is 0 Å². The van der Waals surface area contributed by atoms with E-state index in [1.54, 1.807) is 36.4 Å². The summed E-state index contributed by atoms with van der Waals surface area (Å²) >= 11 is 8.05. The van der Waals surface area contributed by atoms with Crippen LogP contribution < -0.4 is 14.8 Å². The molecule has 0 radical (unpaired) electrons. The fraction of sp³-hybridized carbons (Fsp3) is 0.105. The average molecular weight is 494 g/mol. The van der Waals surface area contributed by atoms with Crippen LogP contribution in [0.1, 0.15) is 5.56 Å². The van der Waals surface area contributed by atoms with Gasteiger partial charge in [-0.3, -0.25) is 4.79 Å². The van der Waals surface area contributed by atoms with E-state index in [2.05, 4.69) is 5.32 Å². The number of nitriles is 2. The summed E-state index contributed by atoms with van der Waals surface area (Å²) < 4.78 is 11.3. The van der Waals surface area contributed by atoms with Crippen molar-refractivity contribution in [1.29, 1.82) is 10.5 Å². The highest BCUT2D eigenvalue weighted by Crippen LogP contribution is 2.34. The Labute approximate surface area is 175 Å². The lowest BCUT2D eigenvalue weighted by Gasteiger charge is -2.12. The van der Waals surface area contributed by atoms with Crippen LogP contribution >= 0.6 is 34.2 Å². The van der Waals surface area contributed by atoms with Crippen molar-refractivity contribution in [3.05, 3.63) is 56.1 Å². The van der Waals surface area contributed by atoms with E-state index in [9.17, 15) is 10.1 Å². The van der Waals surface area contributed by atoms with Gasteiger partial charge in [0.25, 0.3) is 5.91 Å². The topological polar surface area (TPSA) is 95.1 Å². The molecule has 0 spiro atoms. The van der Waals surface area contributed by atoms with Crippen molar-refractivity contribution >= 4 is 51.9 Å². The lowest BCUT2D eigenvalue weighted by molar-refractivity contribution is -0.112. The normalized spacial score (nSPS) is 10.5. The van der Waals surface area contributed by atoms with Gasteiger partial charge in [-0.1, -0.05) is 23.7 Å². The van der Waals surface area contributed by atoms with E-state index in [-0.39, 0.29) is 12.2 Å². The molecular formula is C19H13ClIN3O3. The maximum atomic E-state index is 12.4. The second-order valence-electron chi connectivity index (χ2n) is 5.08. The molecule has 0 aliphatic carbocycles. The van der Waals surface area contributed by atoms with Crippen molar-refractivity contribution in [3.8, 4) is 23.6 Å². The first kappa shape index (κ1) is 20.6. The zero-order chi connectivity index (χ0) is 19.8. The second-order valence-corrected chi connectivity index (χ2v) is 6.65. The number of methoxy groups -OCH3 is 1. The minimum Gasteiger partial charge on any atom is -0.493 e. The monoisotopic (exact) mass is 493 g/mol. The molecule has 8 heteroatoms. The van der Waals surface area contributed by atoms with Gasteiger partial charge in [0.15, 0.2) is 18.1 Å². The van der Waals surface area contributed by atoms with Crippen molar-refractivity contribution in [1.82, 2.24) is 0 Å². The van der Waals surface area contributed by atoms with E-state index < -0.39 is 5.91 Å². The van der Waals surface area contributed by atoms with Crippen LogP contribution in [0.4, 0.5) is 5.69 Å². The quantitative estimate of drug-likeness (QED) is 0.366. The molecule has 2 aromatic carbocycles. The molecule has 0 aliphatic rings. The molecule has 0 aromatic heterocycles. The standard InChI is InChI=1S/C19H13ClIN3O3/c1-26-17-10-12(9-15(21)18(17)27-7-6-22)8-13(11-23)19(25)24-16-5-3-2-4-14(16)20/h2-5,8-10H,7H2,1H3,(H,24,25)/b13-8+. The predicted octanol–water partition coefficient (Wildman–Crippen LogP) is 4.40. The van der Waals surface area contributed by atoms with Crippen molar-refractivity contribution in [3.63, 3.8) is 0 Å². The SMILES string of the molecule is COc1cc(/C=C(\C#N)C(=O)Nc2ccccc2Cl)cc(I)c1OCC#N. The average Bonchev–Trinajstić information content (AvgIpc) is 2.66. The van der Waals surface area contributed by atoms with E-state index in [1.807, 2.05) is 34.7 Å². The Bertz CT molecular complexity index is 977. The van der Waals surface area contributed by atoms with Gasteiger partial charge < -0.3 is 14.8 Å². The minimum atomic E-state index is -0.579. The van der Waals surface area contributed by atoms with E-state index in [1.165, 1.54) is 13.2 Å². The summed E-state index contributed by atoms with van der Waals surface area (Å²) in [6, 6.07) is 13.9. The highest BCUT2D eigenvalue weighted by atomic mass is 127. The zero-order valence-electron chi connectivity index (χ0n) is 14.1. The number of carbonyl (C=O) groups is 1. The number of halogens is 2. The Morgan fingerprint density at radius 1 is 1.33 bits per heavy atom. The number of para-hydroxylation sites is 1. The van der Waals surface area contributed by atoms with Crippen molar-refractivity contribution in [2.24, 2.45) is 0 Å². The molecule has 2 aromatic rings. The molecule has 6 nitrogen and oxygen atoms in total. The molecule has 0 saturated heterocycles. The van der Waals surface area contributed by atoms with Crippen LogP contribution in [-0.2, 0) is 4.79 Å². The molecule has 2 rings (SSSR count). The maximum absolute atomic E-state index is 12.4. The van der Waals surface area contributed by atoms with Crippen LogP contribution in [0.5, 0.6) is 11.5 Å². The largest absolute Gasteiger partial charge is 0.493 e. The smallest absolute Gasteiger partial charge is 0.266 e. The first-order valence-corrected chi connectivity index (χ1v) is 9.00. The number of nitrogens with zero attached hydrogens (tertiary/aromatic N) is 2. The summed E-state index contributed by atoms with van der Waals surface area (Å²) in [5, 5.41) is 21.0. The highest BCUT2D eigenvalue weighted by molar-refractivity contribution is 14.1. The Balaban J connectivity index is 2.33. The van der Waals surface area contributed by atoms with E-state index in [0.29, 0.717) is 31.3 Å². The van der Waals surface area contributed by atoms with E-state index in [4.69, 9.17) is 26.3 Å². The Morgan fingerprint density at radius 3 is 2.70 bits per heavy atom. The molecule has 1 N–H and O–H groups in total. The number of ether oxygens (including phenoxy) is 2. The fourth-order valence-electron chi connectivity index (χ4n) is 2.14. The van der Waals surface area contributed by atoms with E-state index in [0.717, 1.165) is 0 Å². The van der Waals surface area contributed by atoms with Gasteiger partial charge in [0.2, 0.25) is 0 Å². The molecule has 0 atom stereocenters. The van der Waals surface area contributed by atoms with Crippen molar-refractivity contribution < 1.29 is 14.3 Å². The summed E-state index contributed by atoms with van der Waals surface area (Å²) in [6.07, 6.45) is 1.44. The van der Waals surface area contributed by atoms with Crippen molar-refractivity contribution in [2.45, 2.75) is 0 Å². The highest BCUT2D eigenvalue weighted by Gasteiger charge is 2.14. The van der Waals surface area contributed by atoms with Crippen LogP contribution in [0.25, 0.3) is 6.08 Å². The van der Waals surface area contributed by atoms with Gasteiger partial charge in [0.05, 0.1) is 21.4 Å². The van der Waals surface area contributed by atoms with Gasteiger partial charge in [-0.15, -0.1) is 0 Å². The van der Waals surface area contributed by atoms with E-state index >= 15 is 0 Å². The molecule has 0 saturated carbocycles. The molecule has 0 bridgehead atoms. The van der Waals surface area contributed by atoms with Gasteiger partial charge in [-0.2, -0.15) is 10.5 Å². The maximum Gasteiger partial charge on any atom is 0.266 e. The van der Waals surface area contributed by atoms with Gasteiger partial charge in [0, 0.05) is 0 Å². The van der Waals surface area contributed by atoms with Crippen molar-refractivity contribution in [2.75, 3.05) is 19.0 Å². The molecule has 0 unspecified atom stereocenters. The van der Waals surface area contributed by atoms with Crippen LogP contribution in [0, 0.1) is 26.2 Å². The number of nitrogens with one attached hydrogen (secondary N) is 1. The van der Waals surface area contributed by atoms with Gasteiger partial charge >= 0.3 is 0 Å². The third-order valence-corrected chi connectivity index (χ3v) is 4.46. The number of hydrogen-bond donors (Lipinski definition) is 1. The Kier molecular flexibility index (Phi) is 7.47. The number of hydrogen-bond acceptors (Lipinski definition) is 5. The molecular weight excluding hydrogens is 481 g/mol. The summed E-state index contributed by atoms with van der Waals surface area (Å²) in [5.41, 5.74) is 0.891. The number of amides is 1. The van der Waals surface area contributed by atoms with Crippen LogP contribution in [0.2, 0.25) is 5.02 Å². The number of carbonyl (C=O) groups excluding carboxylic acids is 1. The van der Waals surface area contributed by atoms with Crippen LogP contribution in [0.15, 0.2) is 42.0 Å². The third-order valence-electron chi connectivity index (χ3n) is 3.33. The molecule has 136 valence electrons. The third kappa shape index (κ3) is 5.36. The Morgan fingerprint density at radius 2 is 2.07 bits per heavy atom. The van der Waals surface area contributed by atoms with Crippen LogP contribution in [-0.4, -0.2) is 19.6 Å². The summed E-state index contributed by atoms with van der Waals surface area (Å²) in [4.78, 5) is 12.4. The zero-order valence-corrected chi connectivity index (χ0v) is 17.0. The predicted molar refractivity (Wildman–Crippen MR) is 110 cm³/mol. The van der Waals surface area contributed by atoms with Crippen LogP contribution in [0.3, 0.4) is 0 Å². The summed E-state index contributed by atoms with van der Waals surface area (Å²) in [5.74, 6) is 0.243. The minimum absolute atomic E-state index is 0.0986. The first-order chi connectivity index (χ1) is 13.0. The summed E-state index contributed by atoms with van der Waals surface area (Å²) in [6.45, 7) is -0.120. The fourth-order valence-corrected chi connectivity index (χ4v) is 3.10. The molecule has 27 heavy (non-hydrogen) atoms. The van der Waals surface area contributed by atoms with Gasteiger partial charge in [-0.05, 0) is 58.5 Å². The molecule has 0 aliphatic heterocycles. The molecule has 1 amide bonds. The Hall–Kier alpha value is -2.75. The summed E-state index contributed by atoms with van der Waals surface area (Å²) in [7, 11) is 1.47. The molecule has 0 heterocycles. The lowest BCUT2D eigenvalue weighted by atomic mass is 10.1. The number of rotatable bonds is 6. The second kappa shape index (κ2) is 9.81. The lowest BCUT2D eigenvalue weighted by Crippen LogP contribution is -2.13. The first-order valence-electron chi connectivity index (χ1n) is 7.55.